The fourth-order valence-electron chi connectivity index (χ4n) is 1.23. The summed E-state index contributed by atoms with van der Waals surface area (Å²) in [6.45, 7) is 4.89. The zero-order chi connectivity index (χ0) is 12.9. The van der Waals surface area contributed by atoms with Crippen molar-refractivity contribution in [2.75, 3.05) is 13.1 Å². The van der Waals surface area contributed by atoms with Gasteiger partial charge in [-0.05, 0) is 13.3 Å². The molecule has 1 amide bonds. The number of carbonyl (C=O) groups excluding carboxylic acids is 1. The van der Waals surface area contributed by atoms with Gasteiger partial charge in [0, 0.05) is 25.8 Å². The lowest BCUT2D eigenvalue weighted by Gasteiger charge is -2.21. The molecule has 1 rings (SSSR count). The molecule has 6 nitrogen and oxygen atoms in total. The lowest BCUT2D eigenvalue weighted by molar-refractivity contribution is 0.0517. The van der Waals surface area contributed by atoms with Crippen LogP contribution in [0.25, 0.3) is 0 Å². The number of carbonyl (C=O) groups is 1. The van der Waals surface area contributed by atoms with Crippen molar-refractivity contribution in [3.63, 3.8) is 0 Å². The van der Waals surface area contributed by atoms with E-state index >= 15 is 0 Å². The third kappa shape index (κ3) is 4.16. The minimum Gasteiger partial charge on any atom is -0.388 e. The first-order valence-corrected chi connectivity index (χ1v) is 5.71. The van der Waals surface area contributed by atoms with Gasteiger partial charge in [0.1, 0.15) is 5.69 Å². The number of aromatic nitrogens is 2. The molecule has 0 aromatic carbocycles. The van der Waals surface area contributed by atoms with E-state index in [2.05, 4.69) is 10.3 Å². The second-order valence-electron chi connectivity index (χ2n) is 4.32. The van der Waals surface area contributed by atoms with Gasteiger partial charge in [-0.15, -0.1) is 0 Å². The summed E-state index contributed by atoms with van der Waals surface area (Å²) in [6, 6.07) is 0. The number of imidazole rings is 1. The van der Waals surface area contributed by atoms with E-state index in [0.29, 0.717) is 25.2 Å². The predicted octanol–water partition coefficient (Wildman–Crippen LogP) is -0.267. The summed E-state index contributed by atoms with van der Waals surface area (Å²) in [5, 5.41) is 12.4. The largest absolute Gasteiger partial charge is 0.388 e. The zero-order valence-electron chi connectivity index (χ0n) is 10.3. The SMILES string of the molecule is CCC(C)(O)CNC(=O)c1cn(CCN)cn1. The van der Waals surface area contributed by atoms with E-state index in [1.165, 1.54) is 0 Å². The third-order valence-electron chi connectivity index (χ3n) is 2.64. The van der Waals surface area contributed by atoms with Gasteiger partial charge in [0.05, 0.1) is 11.9 Å². The van der Waals surface area contributed by atoms with Crippen LogP contribution in [0, 0.1) is 0 Å². The fraction of sp³-hybridized carbons (Fsp3) is 0.636. The first kappa shape index (κ1) is 13.7. The maximum Gasteiger partial charge on any atom is 0.271 e. The van der Waals surface area contributed by atoms with Crippen molar-refractivity contribution in [3.05, 3.63) is 18.2 Å². The Hall–Kier alpha value is -1.40. The van der Waals surface area contributed by atoms with Gasteiger partial charge < -0.3 is 20.7 Å². The molecule has 0 bridgehead atoms. The van der Waals surface area contributed by atoms with Crippen molar-refractivity contribution >= 4 is 5.91 Å². The van der Waals surface area contributed by atoms with Gasteiger partial charge >= 0.3 is 0 Å². The lowest BCUT2D eigenvalue weighted by atomic mass is 10.0. The number of nitrogens with one attached hydrogen (secondary N) is 1. The predicted molar refractivity (Wildman–Crippen MR) is 64.5 cm³/mol. The molecular weight excluding hydrogens is 220 g/mol. The molecule has 0 radical (unpaired) electrons. The molecule has 96 valence electrons. The lowest BCUT2D eigenvalue weighted by Crippen LogP contribution is -2.40. The van der Waals surface area contributed by atoms with Crippen molar-refractivity contribution in [2.24, 2.45) is 5.73 Å². The summed E-state index contributed by atoms with van der Waals surface area (Å²) in [7, 11) is 0. The Balaban J connectivity index is 2.52. The van der Waals surface area contributed by atoms with Crippen LogP contribution in [0.1, 0.15) is 30.8 Å². The van der Waals surface area contributed by atoms with E-state index in [1.54, 1.807) is 24.0 Å². The molecule has 0 aliphatic heterocycles. The first-order valence-electron chi connectivity index (χ1n) is 5.71. The summed E-state index contributed by atoms with van der Waals surface area (Å²) >= 11 is 0. The highest BCUT2D eigenvalue weighted by Gasteiger charge is 2.19. The molecule has 0 fully saturated rings. The third-order valence-corrected chi connectivity index (χ3v) is 2.64. The Bertz CT molecular complexity index is 373. The van der Waals surface area contributed by atoms with E-state index in [1.807, 2.05) is 6.92 Å². The average molecular weight is 240 g/mol. The van der Waals surface area contributed by atoms with E-state index in [-0.39, 0.29) is 12.5 Å². The molecule has 17 heavy (non-hydrogen) atoms. The average Bonchev–Trinajstić information content (AvgIpc) is 2.75. The minimum atomic E-state index is -0.879. The highest BCUT2D eigenvalue weighted by Crippen LogP contribution is 2.06. The smallest absolute Gasteiger partial charge is 0.271 e. The molecule has 4 N–H and O–H groups in total. The molecule has 1 unspecified atom stereocenters. The van der Waals surface area contributed by atoms with E-state index in [0.717, 1.165) is 0 Å². The monoisotopic (exact) mass is 240 g/mol. The van der Waals surface area contributed by atoms with Gasteiger partial charge in [0.2, 0.25) is 0 Å². The summed E-state index contributed by atoms with van der Waals surface area (Å²) < 4.78 is 1.76. The second kappa shape index (κ2) is 5.79. The Morgan fingerprint density at radius 3 is 3.00 bits per heavy atom. The summed E-state index contributed by atoms with van der Waals surface area (Å²) in [5.74, 6) is -0.283. The van der Waals surface area contributed by atoms with Crippen LogP contribution < -0.4 is 11.1 Å². The Labute approximate surface area is 101 Å². The number of aliphatic hydroxyl groups is 1. The quantitative estimate of drug-likeness (QED) is 0.638. The number of amides is 1. The van der Waals surface area contributed by atoms with Crippen LogP contribution in [-0.2, 0) is 6.54 Å². The van der Waals surface area contributed by atoms with Crippen LogP contribution in [0.15, 0.2) is 12.5 Å². The zero-order valence-corrected chi connectivity index (χ0v) is 10.3. The maximum absolute atomic E-state index is 11.7. The van der Waals surface area contributed by atoms with Gasteiger partial charge in [-0.1, -0.05) is 6.92 Å². The van der Waals surface area contributed by atoms with Gasteiger partial charge in [-0.25, -0.2) is 4.98 Å². The van der Waals surface area contributed by atoms with Crippen LogP contribution in [0.2, 0.25) is 0 Å². The number of nitrogens with two attached hydrogens (primary N) is 1. The molecule has 1 aromatic rings. The second-order valence-corrected chi connectivity index (χ2v) is 4.32. The highest BCUT2D eigenvalue weighted by molar-refractivity contribution is 5.92. The Morgan fingerprint density at radius 2 is 2.41 bits per heavy atom. The maximum atomic E-state index is 11.7. The molecule has 0 aliphatic carbocycles. The molecular formula is C11H20N4O2. The Morgan fingerprint density at radius 1 is 1.71 bits per heavy atom. The van der Waals surface area contributed by atoms with Crippen LogP contribution in [0.4, 0.5) is 0 Å². The molecule has 0 aliphatic rings. The van der Waals surface area contributed by atoms with Crippen molar-refractivity contribution in [1.82, 2.24) is 14.9 Å². The summed E-state index contributed by atoms with van der Waals surface area (Å²) in [6.07, 6.45) is 3.79. The van der Waals surface area contributed by atoms with Crippen molar-refractivity contribution in [2.45, 2.75) is 32.4 Å². The van der Waals surface area contributed by atoms with Crippen molar-refractivity contribution in [3.8, 4) is 0 Å². The van der Waals surface area contributed by atoms with Gasteiger partial charge in [-0.2, -0.15) is 0 Å². The molecule has 1 atom stereocenters. The molecule has 1 heterocycles. The summed E-state index contributed by atoms with van der Waals surface area (Å²) in [5.41, 5.74) is 4.86. The van der Waals surface area contributed by atoms with Crippen LogP contribution in [0.3, 0.4) is 0 Å². The standard InChI is InChI=1S/C11H20N4O2/c1-3-11(2,17)7-13-10(16)9-6-15(5-4-12)8-14-9/h6,8,17H,3-5,7,12H2,1-2H3,(H,13,16). The number of hydrogen-bond acceptors (Lipinski definition) is 4. The number of nitrogens with zero attached hydrogens (tertiary/aromatic N) is 2. The van der Waals surface area contributed by atoms with Gasteiger partial charge in [0.15, 0.2) is 0 Å². The minimum absolute atomic E-state index is 0.214. The van der Waals surface area contributed by atoms with Crippen LogP contribution in [-0.4, -0.2) is 39.3 Å². The van der Waals surface area contributed by atoms with E-state index in [4.69, 9.17) is 5.73 Å². The summed E-state index contributed by atoms with van der Waals surface area (Å²) in [4.78, 5) is 15.7. The fourth-order valence-corrected chi connectivity index (χ4v) is 1.23. The van der Waals surface area contributed by atoms with E-state index in [9.17, 15) is 9.90 Å². The molecule has 1 aromatic heterocycles. The van der Waals surface area contributed by atoms with Crippen molar-refractivity contribution < 1.29 is 9.90 Å². The van der Waals surface area contributed by atoms with Crippen LogP contribution in [0.5, 0.6) is 0 Å². The highest BCUT2D eigenvalue weighted by atomic mass is 16.3. The molecule has 0 spiro atoms. The topological polar surface area (TPSA) is 93.2 Å². The molecule has 0 saturated carbocycles. The number of hydrogen-bond donors (Lipinski definition) is 3. The Kier molecular flexibility index (Phi) is 4.65. The number of rotatable bonds is 6. The van der Waals surface area contributed by atoms with Crippen molar-refractivity contribution in [1.29, 1.82) is 0 Å². The normalized spacial score (nSPS) is 14.4. The first-order chi connectivity index (χ1) is 7.98. The van der Waals surface area contributed by atoms with Gasteiger partial charge in [0.25, 0.3) is 5.91 Å². The molecule has 0 saturated heterocycles. The van der Waals surface area contributed by atoms with Crippen LogP contribution >= 0.6 is 0 Å². The van der Waals surface area contributed by atoms with E-state index < -0.39 is 5.60 Å². The van der Waals surface area contributed by atoms with Gasteiger partial charge in [-0.3, -0.25) is 4.79 Å². The molecule has 6 heteroatoms.